The molecule has 1 aromatic rings. The normalized spacial score (nSPS) is 24.4. The van der Waals surface area contributed by atoms with Crippen molar-refractivity contribution < 1.29 is 23.4 Å². The molecule has 1 fully saturated rings. The first kappa shape index (κ1) is 21.8. The van der Waals surface area contributed by atoms with Crippen LogP contribution in [0, 0.1) is 5.41 Å². The molecule has 1 aliphatic rings. The lowest BCUT2D eigenvalue weighted by Gasteiger charge is -2.44. The number of benzene rings is 1. The van der Waals surface area contributed by atoms with Gasteiger partial charge in [-0.2, -0.15) is 17.0 Å². The summed E-state index contributed by atoms with van der Waals surface area (Å²) < 4.78 is 28.1. The van der Waals surface area contributed by atoms with Crippen LogP contribution in [0.15, 0.2) is 30.3 Å². The molecular formula is C19H30N2O5S. The van der Waals surface area contributed by atoms with E-state index in [1.54, 1.807) is 13.8 Å². The second kappa shape index (κ2) is 8.68. The van der Waals surface area contributed by atoms with Crippen molar-refractivity contribution in [3.05, 3.63) is 35.9 Å². The van der Waals surface area contributed by atoms with Crippen LogP contribution < -0.4 is 0 Å². The maximum atomic E-state index is 12.8. The second-order valence-electron chi connectivity index (χ2n) is 7.56. The molecule has 0 aliphatic carbocycles. The molecule has 1 aromatic carbocycles. The third-order valence-corrected chi connectivity index (χ3v) is 7.64. The van der Waals surface area contributed by atoms with Crippen molar-refractivity contribution in [3.63, 3.8) is 0 Å². The fourth-order valence-corrected chi connectivity index (χ4v) is 5.13. The van der Waals surface area contributed by atoms with E-state index in [9.17, 15) is 23.4 Å². The molecule has 2 N–H and O–H groups in total. The monoisotopic (exact) mass is 398 g/mol. The van der Waals surface area contributed by atoms with Gasteiger partial charge in [-0.1, -0.05) is 30.3 Å². The van der Waals surface area contributed by atoms with Crippen LogP contribution in [0.1, 0.15) is 38.7 Å². The Morgan fingerprint density at radius 2 is 1.96 bits per heavy atom. The highest BCUT2D eigenvalue weighted by Crippen LogP contribution is 2.37. The number of aryl methyl sites for hydroxylation is 1. The molecule has 2 atom stereocenters. The van der Waals surface area contributed by atoms with E-state index in [1.165, 1.54) is 15.7 Å². The van der Waals surface area contributed by atoms with Gasteiger partial charge in [-0.3, -0.25) is 4.79 Å². The Morgan fingerprint density at radius 3 is 2.52 bits per heavy atom. The highest BCUT2D eigenvalue weighted by atomic mass is 32.2. The Balaban J connectivity index is 2.18. The third kappa shape index (κ3) is 4.68. The Kier molecular flexibility index (Phi) is 7.02. The van der Waals surface area contributed by atoms with E-state index in [4.69, 9.17) is 0 Å². The van der Waals surface area contributed by atoms with Gasteiger partial charge in [0.15, 0.2) is 0 Å². The zero-order valence-electron chi connectivity index (χ0n) is 16.2. The number of nitrogens with zero attached hydrogens (tertiary/aromatic N) is 2. The molecule has 1 aliphatic heterocycles. The zero-order valence-corrected chi connectivity index (χ0v) is 17.0. The molecule has 0 radical (unpaired) electrons. The molecule has 2 rings (SSSR count). The van der Waals surface area contributed by atoms with Crippen molar-refractivity contribution in [2.24, 2.45) is 5.41 Å². The van der Waals surface area contributed by atoms with E-state index in [0.29, 0.717) is 12.8 Å². The lowest BCUT2D eigenvalue weighted by Crippen LogP contribution is -2.59. The minimum atomic E-state index is -3.77. The molecule has 0 saturated carbocycles. The van der Waals surface area contributed by atoms with Crippen molar-refractivity contribution >= 4 is 16.2 Å². The van der Waals surface area contributed by atoms with E-state index in [1.807, 2.05) is 30.3 Å². The van der Waals surface area contributed by atoms with E-state index >= 15 is 0 Å². The number of aliphatic hydroxyl groups excluding tert-OH is 1. The first-order chi connectivity index (χ1) is 12.6. The zero-order chi connectivity index (χ0) is 20.2. The Morgan fingerprint density at radius 1 is 1.33 bits per heavy atom. The molecular weight excluding hydrogens is 368 g/mol. The van der Waals surface area contributed by atoms with Crippen LogP contribution in [-0.4, -0.2) is 65.5 Å². The maximum absolute atomic E-state index is 12.8. The summed E-state index contributed by atoms with van der Waals surface area (Å²) in [5.41, 5.74) is -0.398. The first-order valence-corrected chi connectivity index (χ1v) is 10.7. The number of aliphatic carboxylic acids is 1. The van der Waals surface area contributed by atoms with E-state index in [0.717, 1.165) is 5.56 Å². The molecule has 8 heteroatoms. The molecule has 27 heavy (non-hydrogen) atoms. The van der Waals surface area contributed by atoms with Gasteiger partial charge in [0.25, 0.3) is 10.2 Å². The van der Waals surface area contributed by atoms with Crippen molar-refractivity contribution in [1.29, 1.82) is 0 Å². The number of hydrogen-bond acceptors (Lipinski definition) is 4. The minimum absolute atomic E-state index is 0.114. The SMILES string of the molecule is CC(C)N(C)S(=O)(=O)N1CC[C@@H](O)[C@](CCCc2ccccc2)(C(=O)O)C1. The molecule has 1 heterocycles. The lowest BCUT2D eigenvalue weighted by atomic mass is 9.74. The molecule has 7 nitrogen and oxygen atoms in total. The summed E-state index contributed by atoms with van der Waals surface area (Å²) in [5.74, 6) is -1.14. The van der Waals surface area contributed by atoms with Crippen molar-refractivity contribution in [2.75, 3.05) is 20.1 Å². The number of carbonyl (C=O) groups is 1. The molecule has 152 valence electrons. The molecule has 1 saturated heterocycles. The number of carboxylic acid groups (broad SMARTS) is 1. The summed E-state index contributed by atoms with van der Waals surface area (Å²) >= 11 is 0. The smallest absolute Gasteiger partial charge is 0.313 e. The third-order valence-electron chi connectivity index (χ3n) is 5.52. The Hall–Kier alpha value is -1.48. The van der Waals surface area contributed by atoms with Crippen molar-refractivity contribution in [3.8, 4) is 0 Å². The fraction of sp³-hybridized carbons (Fsp3) is 0.632. The summed E-state index contributed by atoms with van der Waals surface area (Å²) in [4.78, 5) is 12.1. The molecule has 0 amide bonds. The largest absolute Gasteiger partial charge is 0.481 e. The number of hydrogen-bond donors (Lipinski definition) is 2. The van der Waals surface area contributed by atoms with Gasteiger partial charge in [0, 0.05) is 26.2 Å². The van der Waals surface area contributed by atoms with Gasteiger partial charge in [0.05, 0.1) is 6.10 Å². The number of piperidine rings is 1. The summed E-state index contributed by atoms with van der Waals surface area (Å²) in [7, 11) is -2.29. The van der Waals surface area contributed by atoms with Crippen LogP contribution in [-0.2, 0) is 21.4 Å². The quantitative estimate of drug-likeness (QED) is 0.695. The molecule has 0 aromatic heterocycles. The van der Waals surface area contributed by atoms with E-state index < -0.39 is 27.7 Å². The van der Waals surface area contributed by atoms with E-state index in [-0.39, 0.29) is 32.0 Å². The van der Waals surface area contributed by atoms with Gasteiger partial charge in [-0.25, -0.2) is 0 Å². The predicted octanol–water partition coefficient (Wildman–Crippen LogP) is 1.73. The van der Waals surface area contributed by atoms with Gasteiger partial charge in [-0.15, -0.1) is 0 Å². The second-order valence-corrected chi connectivity index (χ2v) is 9.54. The topological polar surface area (TPSA) is 98.2 Å². The van der Waals surface area contributed by atoms with Gasteiger partial charge in [0.2, 0.25) is 0 Å². The highest BCUT2D eigenvalue weighted by molar-refractivity contribution is 7.86. The maximum Gasteiger partial charge on any atom is 0.313 e. The Labute approximate surface area is 161 Å². The average molecular weight is 399 g/mol. The number of carboxylic acids is 1. The summed E-state index contributed by atoms with van der Waals surface area (Å²) in [6, 6.07) is 9.47. The Bertz CT molecular complexity index is 738. The van der Waals surface area contributed by atoms with Gasteiger partial charge >= 0.3 is 5.97 Å². The summed E-state index contributed by atoms with van der Waals surface area (Å²) in [5, 5.41) is 20.4. The molecule has 0 spiro atoms. The van der Waals surface area contributed by atoms with Crippen LogP contribution in [0.5, 0.6) is 0 Å². The fourth-order valence-electron chi connectivity index (χ4n) is 3.50. The average Bonchev–Trinajstić information content (AvgIpc) is 2.63. The lowest BCUT2D eigenvalue weighted by molar-refractivity contribution is -0.162. The van der Waals surface area contributed by atoms with Crippen molar-refractivity contribution in [2.45, 2.75) is 51.7 Å². The summed E-state index contributed by atoms with van der Waals surface area (Å²) in [6.07, 6.45) is 0.503. The van der Waals surface area contributed by atoms with Crippen LogP contribution in [0.3, 0.4) is 0 Å². The number of rotatable bonds is 8. The molecule has 0 unspecified atom stereocenters. The highest BCUT2D eigenvalue weighted by Gasteiger charge is 2.51. The van der Waals surface area contributed by atoms with Gasteiger partial charge in [0.1, 0.15) is 5.41 Å². The minimum Gasteiger partial charge on any atom is -0.481 e. The van der Waals surface area contributed by atoms with E-state index in [2.05, 4.69) is 0 Å². The number of aliphatic hydroxyl groups is 1. The van der Waals surface area contributed by atoms with Crippen LogP contribution in [0.4, 0.5) is 0 Å². The first-order valence-electron chi connectivity index (χ1n) is 9.30. The molecule has 0 bridgehead atoms. The van der Waals surface area contributed by atoms with Crippen LogP contribution in [0.2, 0.25) is 0 Å². The van der Waals surface area contributed by atoms with Gasteiger partial charge in [-0.05, 0) is 45.1 Å². The standard InChI is InChI=1S/C19H30N2O5S/c1-15(2)20(3)27(25,26)21-13-11-17(22)19(14-21,18(23)24)12-7-10-16-8-5-4-6-9-16/h4-6,8-9,15,17,22H,7,10-14H2,1-3H3,(H,23,24)/t17-,19-/m1/s1. The predicted molar refractivity (Wildman–Crippen MR) is 103 cm³/mol. The van der Waals surface area contributed by atoms with Crippen LogP contribution >= 0.6 is 0 Å². The van der Waals surface area contributed by atoms with Crippen molar-refractivity contribution in [1.82, 2.24) is 8.61 Å². The van der Waals surface area contributed by atoms with Gasteiger partial charge < -0.3 is 10.2 Å². The van der Waals surface area contributed by atoms with Crippen LogP contribution in [0.25, 0.3) is 0 Å². The summed E-state index contributed by atoms with van der Waals surface area (Å²) in [6.45, 7) is 3.44.